The fraction of sp³-hybridized carbons (Fsp3) is 0.250. The Labute approximate surface area is 122 Å². The Morgan fingerprint density at radius 2 is 2.05 bits per heavy atom. The molecule has 3 nitrogen and oxygen atoms in total. The van der Waals surface area contributed by atoms with E-state index in [1.807, 2.05) is 18.2 Å². The van der Waals surface area contributed by atoms with Crippen LogP contribution in [0.2, 0.25) is 0 Å². The third-order valence-electron chi connectivity index (χ3n) is 2.84. The number of carboxylic acids is 1. The van der Waals surface area contributed by atoms with E-state index < -0.39 is 5.97 Å². The van der Waals surface area contributed by atoms with Gasteiger partial charge in [0.05, 0.1) is 11.3 Å². The predicted molar refractivity (Wildman–Crippen MR) is 83.1 cm³/mol. The highest BCUT2D eigenvalue weighted by Gasteiger charge is 2.16. The molecule has 0 aliphatic heterocycles. The number of nitrogens with zero attached hydrogens (tertiary/aromatic N) is 1. The maximum absolute atomic E-state index is 10.9. The molecule has 0 aliphatic rings. The summed E-state index contributed by atoms with van der Waals surface area (Å²) in [5.74, 6) is -0.912. The summed E-state index contributed by atoms with van der Waals surface area (Å²) in [4.78, 5) is 15.5. The van der Waals surface area contributed by atoms with Gasteiger partial charge in [-0.15, -0.1) is 11.3 Å². The van der Waals surface area contributed by atoms with Gasteiger partial charge in [0.2, 0.25) is 0 Å². The molecule has 1 heterocycles. The van der Waals surface area contributed by atoms with Crippen LogP contribution >= 0.6 is 11.3 Å². The van der Waals surface area contributed by atoms with Gasteiger partial charge in [-0.1, -0.05) is 39.0 Å². The average Bonchev–Trinajstić information content (AvgIpc) is 2.85. The lowest BCUT2D eigenvalue weighted by atomic mass is 9.93. The molecule has 0 saturated carbocycles. The van der Waals surface area contributed by atoms with Crippen LogP contribution < -0.4 is 0 Å². The Kier molecular flexibility index (Phi) is 4.04. The zero-order chi connectivity index (χ0) is 14.8. The fourth-order valence-corrected chi connectivity index (χ4v) is 2.59. The lowest BCUT2D eigenvalue weighted by molar-refractivity contribution is 0.0697. The number of hydrogen-bond acceptors (Lipinski definition) is 3. The minimum atomic E-state index is -0.912. The van der Waals surface area contributed by atoms with Crippen molar-refractivity contribution in [1.29, 1.82) is 0 Å². The van der Waals surface area contributed by atoms with E-state index in [0.29, 0.717) is 5.56 Å². The van der Waals surface area contributed by atoms with E-state index in [-0.39, 0.29) is 5.41 Å². The Hall–Kier alpha value is -1.94. The molecule has 0 fully saturated rings. The molecule has 0 aliphatic carbocycles. The highest BCUT2D eigenvalue weighted by molar-refractivity contribution is 7.10. The summed E-state index contributed by atoms with van der Waals surface area (Å²) in [6, 6.07) is 6.85. The van der Waals surface area contributed by atoms with Crippen molar-refractivity contribution in [1.82, 2.24) is 4.98 Å². The van der Waals surface area contributed by atoms with Crippen LogP contribution in [0.3, 0.4) is 0 Å². The van der Waals surface area contributed by atoms with E-state index in [0.717, 1.165) is 16.3 Å². The van der Waals surface area contributed by atoms with Gasteiger partial charge in [0.1, 0.15) is 5.01 Å². The number of aromatic carboxylic acids is 1. The van der Waals surface area contributed by atoms with Crippen molar-refractivity contribution in [3.8, 4) is 0 Å². The molecule has 0 spiro atoms. The molecule has 0 bridgehead atoms. The van der Waals surface area contributed by atoms with Gasteiger partial charge in [0.25, 0.3) is 0 Å². The lowest BCUT2D eigenvalue weighted by Crippen LogP contribution is -2.11. The molecule has 0 saturated heterocycles. The number of carbonyl (C=O) groups is 1. The van der Waals surface area contributed by atoms with Crippen LogP contribution in [-0.4, -0.2) is 16.1 Å². The normalized spacial score (nSPS) is 11.9. The van der Waals surface area contributed by atoms with E-state index in [2.05, 4.69) is 31.1 Å². The zero-order valence-corrected chi connectivity index (χ0v) is 12.6. The number of hydrogen-bond donors (Lipinski definition) is 1. The van der Waals surface area contributed by atoms with Gasteiger partial charge in [0.15, 0.2) is 0 Å². The number of benzene rings is 1. The Morgan fingerprint density at radius 3 is 2.65 bits per heavy atom. The van der Waals surface area contributed by atoms with Crippen molar-refractivity contribution in [3.05, 3.63) is 51.5 Å². The highest BCUT2D eigenvalue weighted by atomic mass is 32.1. The molecular weight excluding hydrogens is 270 g/mol. The Morgan fingerprint density at radius 1 is 1.30 bits per heavy atom. The van der Waals surface area contributed by atoms with Crippen LogP contribution in [0.25, 0.3) is 12.2 Å². The predicted octanol–water partition coefficient (Wildman–Crippen LogP) is 4.31. The van der Waals surface area contributed by atoms with Crippen molar-refractivity contribution in [2.75, 3.05) is 0 Å². The van der Waals surface area contributed by atoms with Crippen molar-refractivity contribution >= 4 is 29.5 Å². The maximum Gasteiger partial charge on any atom is 0.335 e. The second-order valence-electron chi connectivity index (χ2n) is 5.58. The van der Waals surface area contributed by atoms with Crippen LogP contribution in [0.4, 0.5) is 0 Å². The first-order valence-electron chi connectivity index (χ1n) is 6.34. The molecular formula is C16H17NO2S. The first kappa shape index (κ1) is 14.5. The lowest BCUT2D eigenvalue weighted by Gasteiger charge is -2.13. The molecule has 0 radical (unpaired) electrons. The molecule has 1 aromatic heterocycles. The Bertz CT molecular complexity index is 650. The summed E-state index contributed by atoms with van der Waals surface area (Å²) in [7, 11) is 0. The zero-order valence-electron chi connectivity index (χ0n) is 11.8. The SMILES string of the molecule is CC(C)(C)c1csc(C=Cc2cccc(C(=O)O)c2)n1. The average molecular weight is 287 g/mol. The number of rotatable bonds is 3. The third kappa shape index (κ3) is 3.54. The van der Waals surface area contributed by atoms with E-state index in [4.69, 9.17) is 5.11 Å². The number of thiazole rings is 1. The van der Waals surface area contributed by atoms with Gasteiger partial charge in [0, 0.05) is 10.8 Å². The molecule has 0 atom stereocenters. The van der Waals surface area contributed by atoms with Gasteiger partial charge in [-0.25, -0.2) is 9.78 Å². The topological polar surface area (TPSA) is 50.2 Å². The monoisotopic (exact) mass is 287 g/mol. The number of carboxylic acid groups (broad SMARTS) is 1. The summed E-state index contributed by atoms with van der Waals surface area (Å²) in [6.07, 6.45) is 3.80. The minimum Gasteiger partial charge on any atom is -0.478 e. The van der Waals surface area contributed by atoms with Crippen LogP contribution in [0.1, 0.15) is 47.4 Å². The van der Waals surface area contributed by atoms with E-state index in [1.165, 1.54) is 0 Å². The van der Waals surface area contributed by atoms with E-state index >= 15 is 0 Å². The summed E-state index contributed by atoms with van der Waals surface area (Å²) in [5.41, 5.74) is 2.27. The van der Waals surface area contributed by atoms with Gasteiger partial charge in [-0.3, -0.25) is 0 Å². The van der Waals surface area contributed by atoms with E-state index in [9.17, 15) is 4.79 Å². The second-order valence-corrected chi connectivity index (χ2v) is 6.47. The van der Waals surface area contributed by atoms with Gasteiger partial charge >= 0.3 is 5.97 Å². The molecule has 20 heavy (non-hydrogen) atoms. The van der Waals surface area contributed by atoms with Crippen molar-refractivity contribution in [2.45, 2.75) is 26.2 Å². The summed E-state index contributed by atoms with van der Waals surface area (Å²) in [6.45, 7) is 6.39. The van der Waals surface area contributed by atoms with Crippen LogP contribution in [0, 0.1) is 0 Å². The van der Waals surface area contributed by atoms with Gasteiger partial charge in [-0.05, 0) is 23.8 Å². The number of aromatic nitrogens is 1. The first-order chi connectivity index (χ1) is 9.36. The van der Waals surface area contributed by atoms with Crippen LogP contribution in [-0.2, 0) is 5.41 Å². The molecule has 4 heteroatoms. The van der Waals surface area contributed by atoms with Crippen molar-refractivity contribution in [3.63, 3.8) is 0 Å². The van der Waals surface area contributed by atoms with E-state index in [1.54, 1.807) is 29.5 Å². The maximum atomic E-state index is 10.9. The van der Waals surface area contributed by atoms with Crippen molar-refractivity contribution in [2.24, 2.45) is 0 Å². The molecule has 104 valence electrons. The molecule has 1 N–H and O–H groups in total. The standard InChI is InChI=1S/C16H17NO2S/c1-16(2,3)13-10-20-14(17-13)8-7-11-5-4-6-12(9-11)15(18)19/h4-10H,1-3H3,(H,18,19). The molecule has 2 rings (SSSR count). The smallest absolute Gasteiger partial charge is 0.335 e. The summed E-state index contributed by atoms with van der Waals surface area (Å²) >= 11 is 1.59. The third-order valence-corrected chi connectivity index (χ3v) is 3.65. The van der Waals surface area contributed by atoms with Crippen LogP contribution in [0.15, 0.2) is 29.6 Å². The second kappa shape index (κ2) is 5.59. The minimum absolute atomic E-state index is 0.0474. The first-order valence-corrected chi connectivity index (χ1v) is 7.22. The molecule has 2 aromatic rings. The largest absolute Gasteiger partial charge is 0.478 e. The molecule has 0 amide bonds. The summed E-state index contributed by atoms with van der Waals surface area (Å²) in [5, 5.41) is 11.9. The molecule has 1 aromatic carbocycles. The van der Waals surface area contributed by atoms with Gasteiger partial charge in [-0.2, -0.15) is 0 Å². The fourth-order valence-electron chi connectivity index (χ4n) is 1.65. The van der Waals surface area contributed by atoms with Gasteiger partial charge < -0.3 is 5.11 Å². The molecule has 0 unspecified atom stereocenters. The van der Waals surface area contributed by atoms with Crippen molar-refractivity contribution < 1.29 is 9.90 Å². The summed E-state index contributed by atoms with van der Waals surface area (Å²) < 4.78 is 0. The Balaban J connectivity index is 2.19. The quantitative estimate of drug-likeness (QED) is 0.915. The van der Waals surface area contributed by atoms with Crippen LogP contribution in [0.5, 0.6) is 0 Å². The highest BCUT2D eigenvalue weighted by Crippen LogP contribution is 2.24.